The van der Waals surface area contributed by atoms with Gasteiger partial charge in [-0.1, -0.05) is 24.3 Å². The van der Waals surface area contributed by atoms with E-state index in [0.29, 0.717) is 18.0 Å². The molecule has 1 N–H and O–H groups in total. The lowest BCUT2D eigenvalue weighted by Crippen LogP contribution is -2.51. The number of para-hydroxylation sites is 2. The Hall–Kier alpha value is -2.74. The maximum Gasteiger partial charge on any atom is 0.263 e. The van der Waals surface area contributed by atoms with Crippen LogP contribution in [-0.4, -0.2) is 45.9 Å². The fourth-order valence-electron chi connectivity index (χ4n) is 3.09. The van der Waals surface area contributed by atoms with Crippen LogP contribution in [0.15, 0.2) is 42.5 Å². The fourth-order valence-corrected chi connectivity index (χ4v) is 4.21. The third kappa shape index (κ3) is 4.64. The quantitative estimate of drug-likeness (QED) is 0.698. The molecule has 2 aromatic carbocycles. The molecule has 1 aliphatic rings. The Morgan fingerprint density at radius 1 is 1.21 bits per heavy atom. The van der Waals surface area contributed by atoms with Crippen LogP contribution in [0.5, 0.6) is 11.5 Å². The van der Waals surface area contributed by atoms with Crippen LogP contribution in [0.25, 0.3) is 0 Å². The number of fused-ring (bicyclic) bond motifs is 1. The maximum atomic E-state index is 12.6. The second-order valence-electron chi connectivity index (χ2n) is 6.84. The number of anilines is 1. The van der Waals surface area contributed by atoms with Gasteiger partial charge >= 0.3 is 0 Å². The lowest BCUT2D eigenvalue weighted by atomic mass is 10.1. The molecule has 8 heteroatoms. The number of hydrogen-bond donors (Lipinski definition) is 1. The van der Waals surface area contributed by atoms with Gasteiger partial charge in [-0.3, -0.25) is 9.10 Å². The van der Waals surface area contributed by atoms with E-state index in [4.69, 9.17) is 9.47 Å². The summed E-state index contributed by atoms with van der Waals surface area (Å²) in [6.07, 6.45) is -0.924. The van der Waals surface area contributed by atoms with E-state index in [2.05, 4.69) is 5.32 Å². The highest BCUT2D eigenvalue weighted by molar-refractivity contribution is 7.92. The Kier molecular flexibility index (Phi) is 6.32. The number of rotatable bonds is 7. The lowest BCUT2D eigenvalue weighted by Gasteiger charge is -2.34. The number of hydrogen-bond acceptors (Lipinski definition) is 5. The number of carbonyl (C=O) groups excluding carboxylic acids is 1. The predicted octanol–water partition coefficient (Wildman–Crippen LogP) is 2.42. The fraction of sp³-hybridized carbons (Fsp3) is 0.381. The number of benzene rings is 2. The molecule has 2 aromatic rings. The Labute approximate surface area is 171 Å². The van der Waals surface area contributed by atoms with Gasteiger partial charge in [0, 0.05) is 0 Å². The highest BCUT2D eigenvalue weighted by atomic mass is 32.2. The van der Waals surface area contributed by atoms with Crippen LogP contribution < -0.4 is 19.1 Å². The van der Waals surface area contributed by atoms with Gasteiger partial charge in [0.25, 0.3) is 5.91 Å². The highest BCUT2D eigenvalue weighted by Gasteiger charge is 2.35. The van der Waals surface area contributed by atoms with Gasteiger partial charge in [0.2, 0.25) is 10.0 Å². The molecule has 0 aromatic heterocycles. The molecular formula is C21H26N2O5S. The van der Waals surface area contributed by atoms with Crippen LogP contribution in [0, 0.1) is 13.8 Å². The van der Waals surface area contributed by atoms with E-state index in [9.17, 15) is 13.2 Å². The van der Waals surface area contributed by atoms with Crippen molar-refractivity contribution < 1.29 is 22.7 Å². The van der Waals surface area contributed by atoms with E-state index in [1.54, 1.807) is 31.2 Å². The Morgan fingerprint density at radius 2 is 1.97 bits per heavy atom. The maximum absolute atomic E-state index is 12.6. The summed E-state index contributed by atoms with van der Waals surface area (Å²) in [5, 5.41) is 2.77. The van der Waals surface area contributed by atoms with Gasteiger partial charge in [-0.05, 0) is 50.1 Å². The molecule has 1 atom stereocenters. The van der Waals surface area contributed by atoms with E-state index in [1.807, 2.05) is 32.0 Å². The molecular weight excluding hydrogens is 392 g/mol. The summed E-state index contributed by atoms with van der Waals surface area (Å²) in [6, 6.07) is 12.6. The van der Waals surface area contributed by atoms with Gasteiger partial charge in [0.15, 0.2) is 6.10 Å². The van der Waals surface area contributed by atoms with E-state index < -0.39 is 16.1 Å². The molecule has 29 heavy (non-hydrogen) atoms. The summed E-state index contributed by atoms with van der Waals surface area (Å²) in [4.78, 5) is 12.6. The Bertz CT molecular complexity index is 990. The minimum atomic E-state index is -3.52. The van der Waals surface area contributed by atoms with Crippen molar-refractivity contribution in [1.82, 2.24) is 5.32 Å². The van der Waals surface area contributed by atoms with Gasteiger partial charge in [0.05, 0.1) is 24.5 Å². The number of amides is 1. The minimum Gasteiger partial charge on any atom is -0.491 e. The normalized spacial score (nSPS) is 16.0. The van der Waals surface area contributed by atoms with Crippen LogP contribution >= 0.6 is 0 Å². The van der Waals surface area contributed by atoms with Crippen molar-refractivity contribution in [2.24, 2.45) is 0 Å². The molecule has 0 saturated heterocycles. The summed E-state index contributed by atoms with van der Waals surface area (Å²) in [5.41, 5.74) is 2.65. The average Bonchev–Trinajstić information content (AvgIpc) is 2.73. The SMILES string of the molecule is CCS(=O)(=O)N1C[C@H](C(=O)NCCOc2cccc(C)c2C)Oc2ccccc21. The first kappa shape index (κ1) is 21.0. The smallest absolute Gasteiger partial charge is 0.263 e. The third-order valence-corrected chi connectivity index (χ3v) is 6.69. The summed E-state index contributed by atoms with van der Waals surface area (Å²) in [5.74, 6) is 0.726. The van der Waals surface area contributed by atoms with E-state index >= 15 is 0 Å². The second-order valence-corrected chi connectivity index (χ2v) is 9.03. The molecule has 1 heterocycles. The molecule has 0 radical (unpaired) electrons. The van der Waals surface area contributed by atoms with Crippen LogP contribution in [0.2, 0.25) is 0 Å². The van der Waals surface area contributed by atoms with E-state index in [0.717, 1.165) is 16.9 Å². The summed E-state index contributed by atoms with van der Waals surface area (Å²) in [7, 11) is -3.52. The summed E-state index contributed by atoms with van der Waals surface area (Å²) >= 11 is 0. The molecule has 0 fully saturated rings. The molecule has 7 nitrogen and oxygen atoms in total. The molecule has 156 valence electrons. The van der Waals surface area contributed by atoms with Crippen molar-refractivity contribution in [3.05, 3.63) is 53.6 Å². The first-order valence-electron chi connectivity index (χ1n) is 9.56. The van der Waals surface area contributed by atoms with Gasteiger partial charge < -0.3 is 14.8 Å². The van der Waals surface area contributed by atoms with Crippen molar-refractivity contribution >= 4 is 21.6 Å². The summed E-state index contributed by atoms with van der Waals surface area (Å²) < 4.78 is 37.7. The Morgan fingerprint density at radius 3 is 2.72 bits per heavy atom. The zero-order valence-corrected chi connectivity index (χ0v) is 17.7. The predicted molar refractivity (Wildman–Crippen MR) is 112 cm³/mol. The number of aryl methyl sites for hydroxylation is 1. The molecule has 0 bridgehead atoms. The largest absolute Gasteiger partial charge is 0.491 e. The molecule has 0 unspecified atom stereocenters. The molecule has 0 saturated carbocycles. The van der Waals surface area contributed by atoms with E-state index in [-0.39, 0.29) is 24.7 Å². The molecule has 0 aliphatic carbocycles. The number of nitrogens with zero attached hydrogens (tertiary/aromatic N) is 1. The minimum absolute atomic E-state index is 0.0562. The van der Waals surface area contributed by atoms with Gasteiger partial charge in [-0.2, -0.15) is 0 Å². The first-order chi connectivity index (χ1) is 13.8. The molecule has 1 aliphatic heterocycles. The zero-order valence-electron chi connectivity index (χ0n) is 16.8. The van der Waals surface area contributed by atoms with Crippen LogP contribution in [-0.2, 0) is 14.8 Å². The van der Waals surface area contributed by atoms with Crippen molar-refractivity contribution in [2.45, 2.75) is 26.9 Å². The lowest BCUT2D eigenvalue weighted by molar-refractivity contribution is -0.127. The monoisotopic (exact) mass is 418 g/mol. The third-order valence-electron chi connectivity index (χ3n) is 4.94. The number of carbonyl (C=O) groups is 1. The van der Waals surface area contributed by atoms with Crippen molar-refractivity contribution in [3.63, 3.8) is 0 Å². The van der Waals surface area contributed by atoms with Crippen LogP contribution in [0.1, 0.15) is 18.1 Å². The van der Waals surface area contributed by atoms with Gasteiger partial charge in [0.1, 0.15) is 18.1 Å². The van der Waals surface area contributed by atoms with Crippen molar-refractivity contribution in [2.75, 3.05) is 29.8 Å². The van der Waals surface area contributed by atoms with Gasteiger partial charge in [-0.15, -0.1) is 0 Å². The topological polar surface area (TPSA) is 84.9 Å². The first-order valence-corrected chi connectivity index (χ1v) is 11.2. The van der Waals surface area contributed by atoms with Gasteiger partial charge in [-0.25, -0.2) is 8.42 Å². The van der Waals surface area contributed by atoms with Crippen molar-refractivity contribution in [3.8, 4) is 11.5 Å². The summed E-state index contributed by atoms with van der Waals surface area (Å²) in [6.45, 7) is 6.10. The average molecular weight is 419 g/mol. The van der Waals surface area contributed by atoms with E-state index in [1.165, 1.54) is 4.31 Å². The number of ether oxygens (including phenoxy) is 2. The van der Waals surface area contributed by atoms with Crippen LogP contribution in [0.4, 0.5) is 5.69 Å². The standard InChI is InChI=1S/C21H26N2O5S/c1-4-29(25,26)23-14-20(28-19-10-6-5-9-17(19)23)21(24)22-12-13-27-18-11-7-8-15(2)16(18)3/h5-11,20H,4,12-14H2,1-3H3,(H,22,24)/t20-/m1/s1. The molecule has 1 amide bonds. The zero-order chi connectivity index (χ0) is 21.0. The van der Waals surface area contributed by atoms with Crippen molar-refractivity contribution in [1.29, 1.82) is 0 Å². The highest BCUT2D eigenvalue weighted by Crippen LogP contribution is 2.35. The number of nitrogens with one attached hydrogen (secondary N) is 1. The van der Waals surface area contributed by atoms with Crippen LogP contribution in [0.3, 0.4) is 0 Å². The number of sulfonamides is 1. The molecule has 0 spiro atoms. The second kappa shape index (κ2) is 8.73. The Balaban J connectivity index is 1.62. The molecule has 3 rings (SSSR count).